The monoisotopic (exact) mass is 281 g/mol. The molecule has 0 N–H and O–H groups in total. The number of benzene rings is 1. The van der Waals surface area contributed by atoms with E-state index in [1.807, 2.05) is 24.3 Å². The summed E-state index contributed by atoms with van der Waals surface area (Å²) in [6.45, 7) is 0.701. The summed E-state index contributed by atoms with van der Waals surface area (Å²) < 4.78 is 5.49. The zero-order valence-electron chi connectivity index (χ0n) is 11.1. The van der Waals surface area contributed by atoms with Gasteiger partial charge < -0.3 is 9.32 Å². The molecular formula is C14H11N5O2. The number of anilines is 1. The summed E-state index contributed by atoms with van der Waals surface area (Å²) in [4.78, 5) is 16.5. The average molecular weight is 281 g/mol. The minimum absolute atomic E-state index is 0.0337. The largest absolute Gasteiger partial charge is 0.443 e. The average Bonchev–Trinajstić information content (AvgIpc) is 3.04. The summed E-state index contributed by atoms with van der Waals surface area (Å²) in [5.74, 6) is 0.0128. The molecule has 104 valence electrons. The molecule has 2 aromatic rings. The number of nitrogens with zero attached hydrogens (tertiary/aromatic N) is 5. The van der Waals surface area contributed by atoms with Crippen LogP contribution < -0.4 is 4.90 Å². The van der Waals surface area contributed by atoms with Crippen LogP contribution >= 0.6 is 0 Å². The highest BCUT2D eigenvalue weighted by molar-refractivity contribution is 6.05. The third-order valence-corrected chi connectivity index (χ3v) is 3.55. The third kappa shape index (κ3) is 2.18. The van der Waals surface area contributed by atoms with E-state index in [-0.39, 0.29) is 24.1 Å². The van der Waals surface area contributed by atoms with Crippen molar-refractivity contribution in [3.63, 3.8) is 0 Å². The molecule has 1 aromatic carbocycles. The van der Waals surface area contributed by atoms with E-state index in [0.29, 0.717) is 24.2 Å². The molecule has 0 bridgehead atoms. The third-order valence-electron chi connectivity index (χ3n) is 3.55. The van der Waals surface area contributed by atoms with Gasteiger partial charge in [-0.15, -0.1) is 0 Å². The van der Waals surface area contributed by atoms with Crippen LogP contribution in [0.5, 0.6) is 0 Å². The van der Waals surface area contributed by atoms with Gasteiger partial charge in [-0.25, -0.2) is 0 Å². The second-order valence-corrected chi connectivity index (χ2v) is 4.88. The molecule has 1 aliphatic heterocycles. The molecule has 0 aliphatic carbocycles. The smallest absolute Gasteiger partial charge is 0.228 e. The SMILES string of the molecule is N#Cc1oc2ccccc2c1N1CC(CN=[N+]=[N-])CC1=O. The van der Waals surface area contributed by atoms with Crippen molar-refractivity contribution in [3.8, 4) is 6.07 Å². The fourth-order valence-corrected chi connectivity index (χ4v) is 2.65. The van der Waals surface area contributed by atoms with Gasteiger partial charge in [-0.2, -0.15) is 5.26 Å². The Hall–Kier alpha value is -2.97. The Morgan fingerprint density at radius 1 is 1.52 bits per heavy atom. The van der Waals surface area contributed by atoms with Crippen LogP contribution in [0.25, 0.3) is 21.4 Å². The molecule has 2 heterocycles. The molecule has 1 aromatic heterocycles. The number of para-hydroxylation sites is 1. The Balaban J connectivity index is 2.02. The van der Waals surface area contributed by atoms with Crippen LogP contribution in [0.2, 0.25) is 0 Å². The highest BCUT2D eigenvalue weighted by atomic mass is 16.3. The molecule has 0 spiro atoms. The van der Waals surface area contributed by atoms with Gasteiger partial charge in [0.1, 0.15) is 17.3 Å². The maximum Gasteiger partial charge on any atom is 0.228 e. The Morgan fingerprint density at radius 3 is 3.10 bits per heavy atom. The number of hydrogen-bond acceptors (Lipinski definition) is 4. The van der Waals surface area contributed by atoms with Crippen LogP contribution in [0, 0.1) is 17.2 Å². The lowest BCUT2D eigenvalue weighted by atomic mass is 10.1. The van der Waals surface area contributed by atoms with E-state index in [1.54, 1.807) is 11.0 Å². The lowest BCUT2D eigenvalue weighted by Gasteiger charge is -2.15. The van der Waals surface area contributed by atoms with Crippen molar-refractivity contribution in [2.75, 3.05) is 18.0 Å². The minimum Gasteiger partial charge on any atom is -0.443 e. The van der Waals surface area contributed by atoms with Gasteiger partial charge in [-0.3, -0.25) is 4.79 Å². The quantitative estimate of drug-likeness (QED) is 0.490. The van der Waals surface area contributed by atoms with Crippen molar-refractivity contribution in [3.05, 3.63) is 40.5 Å². The first kappa shape index (κ1) is 13.0. The normalized spacial score (nSPS) is 17.8. The van der Waals surface area contributed by atoms with Crippen LogP contribution in [0.1, 0.15) is 12.2 Å². The van der Waals surface area contributed by atoms with E-state index in [4.69, 9.17) is 9.95 Å². The number of carbonyl (C=O) groups is 1. The first-order valence-corrected chi connectivity index (χ1v) is 6.47. The van der Waals surface area contributed by atoms with E-state index >= 15 is 0 Å². The predicted molar refractivity (Wildman–Crippen MR) is 75.4 cm³/mol. The van der Waals surface area contributed by atoms with Crippen molar-refractivity contribution >= 4 is 22.6 Å². The molecule has 0 radical (unpaired) electrons. The van der Waals surface area contributed by atoms with Crippen molar-refractivity contribution in [2.45, 2.75) is 6.42 Å². The summed E-state index contributed by atoms with van der Waals surface area (Å²) in [7, 11) is 0. The number of rotatable bonds is 3. The van der Waals surface area contributed by atoms with Gasteiger partial charge in [-0.05, 0) is 23.6 Å². The maximum atomic E-state index is 12.2. The van der Waals surface area contributed by atoms with Crippen molar-refractivity contribution in [1.82, 2.24) is 0 Å². The van der Waals surface area contributed by atoms with E-state index in [2.05, 4.69) is 10.0 Å². The van der Waals surface area contributed by atoms with Gasteiger partial charge in [-0.1, -0.05) is 17.2 Å². The molecular weight excluding hydrogens is 270 g/mol. The molecule has 1 saturated heterocycles. The van der Waals surface area contributed by atoms with Crippen molar-refractivity contribution < 1.29 is 9.21 Å². The number of nitriles is 1. The standard InChI is InChI=1S/C14H11N5O2/c15-6-12-14(10-3-1-2-4-11(10)21-12)19-8-9(5-13(19)20)7-17-18-16/h1-4,9H,5,7-8H2. The van der Waals surface area contributed by atoms with Gasteiger partial charge >= 0.3 is 0 Å². The van der Waals surface area contributed by atoms with Gasteiger partial charge in [0.05, 0.1) is 0 Å². The molecule has 1 amide bonds. The molecule has 1 atom stereocenters. The van der Waals surface area contributed by atoms with Crippen LogP contribution in [0.3, 0.4) is 0 Å². The zero-order chi connectivity index (χ0) is 14.8. The fourth-order valence-electron chi connectivity index (χ4n) is 2.65. The zero-order valence-corrected chi connectivity index (χ0v) is 11.1. The van der Waals surface area contributed by atoms with E-state index in [9.17, 15) is 10.1 Å². The summed E-state index contributed by atoms with van der Waals surface area (Å²) in [6, 6.07) is 9.23. The fraction of sp³-hybridized carbons (Fsp3) is 0.286. The van der Waals surface area contributed by atoms with Gasteiger partial charge in [0.25, 0.3) is 0 Å². The molecule has 1 unspecified atom stereocenters. The number of fused-ring (bicyclic) bond motifs is 1. The highest BCUT2D eigenvalue weighted by Crippen LogP contribution is 2.36. The summed E-state index contributed by atoms with van der Waals surface area (Å²) in [5.41, 5.74) is 9.46. The van der Waals surface area contributed by atoms with Crippen molar-refractivity contribution in [2.24, 2.45) is 11.0 Å². The molecule has 1 fully saturated rings. The highest BCUT2D eigenvalue weighted by Gasteiger charge is 2.34. The van der Waals surface area contributed by atoms with Crippen LogP contribution in [-0.2, 0) is 4.79 Å². The van der Waals surface area contributed by atoms with Crippen LogP contribution in [0.15, 0.2) is 33.8 Å². The number of carbonyl (C=O) groups excluding carboxylic acids is 1. The number of hydrogen-bond donors (Lipinski definition) is 0. The number of furan rings is 1. The Bertz CT molecular complexity index is 797. The first-order chi connectivity index (χ1) is 10.2. The molecule has 3 rings (SSSR count). The van der Waals surface area contributed by atoms with Gasteiger partial charge in [0.15, 0.2) is 0 Å². The maximum absolute atomic E-state index is 12.2. The predicted octanol–water partition coefficient (Wildman–Crippen LogP) is 2.97. The summed E-state index contributed by atoms with van der Waals surface area (Å²) >= 11 is 0. The van der Waals surface area contributed by atoms with Gasteiger partial charge in [0.2, 0.25) is 11.7 Å². The number of amides is 1. The van der Waals surface area contributed by atoms with Crippen molar-refractivity contribution in [1.29, 1.82) is 5.26 Å². The van der Waals surface area contributed by atoms with Crippen LogP contribution in [0.4, 0.5) is 5.69 Å². The van der Waals surface area contributed by atoms with E-state index < -0.39 is 0 Å². The minimum atomic E-state index is -0.0869. The second kappa shape index (κ2) is 5.19. The molecule has 0 saturated carbocycles. The second-order valence-electron chi connectivity index (χ2n) is 4.88. The lowest BCUT2D eigenvalue weighted by molar-refractivity contribution is -0.117. The Labute approximate surface area is 120 Å². The summed E-state index contributed by atoms with van der Waals surface area (Å²) in [5, 5.41) is 13.5. The van der Waals surface area contributed by atoms with E-state index in [1.165, 1.54) is 0 Å². The Kier molecular flexibility index (Phi) is 3.22. The molecule has 1 aliphatic rings. The summed E-state index contributed by atoms with van der Waals surface area (Å²) in [6.07, 6.45) is 0.309. The van der Waals surface area contributed by atoms with Crippen LogP contribution in [-0.4, -0.2) is 19.0 Å². The van der Waals surface area contributed by atoms with E-state index in [0.717, 1.165) is 5.39 Å². The lowest BCUT2D eigenvalue weighted by Crippen LogP contribution is -2.25. The molecule has 21 heavy (non-hydrogen) atoms. The molecule has 7 nitrogen and oxygen atoms in total. The topological polar surface area (TPSA) is 106 Å². The first-order valence-electron chi connectivity index (χ1n) is 6.47. The molecule has 7 heteroatoms. The van der Waals surface area contributed by atoms with Gasteiger partial charge in [0, 0.05) is 29.8 Å². The number of azide groups is 1. The Morgan fingerprint density at radius 2 is 2.33 bits per heavy atom.